The molecule has 190 valence electrons. The molecule has 2 aromatic heterocycles. The fraction of sp³-hybridized carbons (Fsp3) is 0.464. The van der Waals surface area contributed by atoms with Crippen molar-refractivity contribution in [2.75, 3.05) is 38.0 Å². The van der Waals surface area contributed by atoms with Crippen molar-refractivity contribution >= 4 is 22.9 Å². The molecular weight excluding hydrogens is 455 g/mol. The smallest absolute Gasteiger partial charge is 0.258 e. The van der Waals surface area contributed by atoms with Gasteiger partial charge in [0.2, 0.25) is 5.95 Å². The van der Waals surface area contributed by atoms with Crippen molar-refractivity contribution in [1.29, 1.82) is 0 Å². The lowest BCUT2D eigenvalue weighted by Gasteiger charge is -2.34. The van der Waals surface area contributed by atoms with Gasteiger partial charge >= 0.3 is 0 Å². The van der Waals surface area contributed by atoms with Crippen molar-refractivity contribution in [3.63, 3.8) is 0 Å². The third-order valence-corrected chi connectivity index (χ3v) is 7.22. The molecule has 0 spiro atoms. The van der Waals surface area contributed by atoms with E-state index in [0.29, 0.717) is 31.1 Å². The van der Waals surface area contributed by atoms with Crippen LogP contribution in [0, 0.1) is 13.8 Å². The van der Waals surface area contributed by atoms with E-state index in [2.05, 4.69) is 50.3 Å². The summed E-state index contributed by atoms with van der Waals surface area (Å²) < 4.78 is 15.6. The molecule has 1 N–H and O–H groups in total. The van der Waals surface area contributed by atoms with Crippen LogP contribution in [-0.4, -0.2) is 69.1 Å². The zero-order valence-corrected chi connectivity index (χ0v) is 21.2. The number of nitrogens with one attached hydrogen (secondary N) is 1. The van der Waals surface area contributed by atoms with Gasteiger partial charge in [-0.2, -0.15) is 0 Å². The van der Waals surface area contributed by atoms with Gasteiger partial charge < -0.3 is 4.57 Å². The molecule has 1 aromatic carbocycles. The second-order valence-electron chi connectivity index (χ2n) is 10.2. The Bertz CT molecular complexity index is 1260. The van der Waals surface area contributed by atoms with Crippen molar-refractivity contribution in [3.05, 3.63) is 65.5 Å². The van der Waals surface area contributed by atoms with Crippen molar-refractivity contribution in [1.82, 2.24) is 24.3 Å². The van der Waals surface area contributed by atoms with Gasteiger partial charge in [-0.05, 0) is 62.6 Å². The Morgan fingerprint density at radius 2 is 2.03 bits per heavy atom. The first-order valence-corrected chi connectivity index (χ1v) is 12.9. The average Bonchev–Trinajstić information content (AvgIpc) is 3.01. The number of halogens is 1. The number of carbonyl (C=O) groups excluding carboxylic acids is 1. The summed E-state index contributed by atoms with van der Waals surface area (Å²) in [7, 11) is 0. The first kappa shape index (κ1) is 24.6. The zero-order valence-electron chi connectivity index (χ0n) is 21.2. The Morgan fingerprint density at radius 1 is 1.19 bits per heavy atom. The van der Waals surface area contributed by atoms with Gasteiger partial charge in [0.15, 0.2) is 0 Å². The number of benzene rings is 1. The quantitative estimate of drug-likeness (QED) is 0.488. The van der Waals surface area contributed by atoms with Gasteiger partial charge in [-0.15, -0.1) is 6.58 Å². The van der Waals surface area contributed by atoms with Gasteiger partial charge in [-0.1, -0.05) is 18.6 Å². The minimum Gasteiger partial charge on any atom is -0.305 e. The molecule has 8 heteroatoms. The number of pyridine rings is 1. The normalized spacial score (nSPS) is 19.7. The average molecular weight is 491 g/mol. The number of alkyl halides is 1. The second-order valence-corrected chi connectivity index (χ2v) is 10.2. The van der Waals surface area contributed by atoms with Crippen LogP contribution in [0.3, 0.4) is 0 Å². The van der Waals surface area contributed by atoms with Crippen LogP contribution in [0.2, 0.25) is 0 Å². The minimum atomic E-state index is -0.721. The monoisotopic (exact) mass is 490 g/mol. The fourth-order valence-corrected chi connectivity index (χ4v) is 5.55. The fourth-order valence-electron chi connectivity index (χ4n) is 5.55. The Morgan fingerprint density at radius 3 is 2.78 bits per heavy atom. The Kier molecular flexibility index (Phi) is 7.16. The standard InChI is InChI=1S/C28H35FN6O/c1-4-10-33-11-6-5-7-24(18-33)35-26-19(2)12-21(15-34-16-23(29)17-34)14-25(26)31-28(35)32-27(36)22-8-9-30-20(3)13-22/h4,8-9,12-14,23-24H,1,5-7,10-11,15-18H2,2-3H3,(H,31,32,36)/t24-/m1/s1. The lowest BCUT2D eigenvalue weighted by Crippen LogP contribution is -2.47. The van der Waals surface area contributed by atoms with E-state index < -0.39 is 6.17 Å². The van der Waals surface area contributed by atoms with Gasteiger partial charge in [0.05, 0.1) is 11.0 Å². The maximum atomic E-state index is 13.4. The predicted molar refractivity (Wildman–Crippen MR) is 141 cm³/mol. The lowest BCUT2D eigenvalue weighted by atomic mass is 10.1. The molecule has 7 nitrogen and oxygen atoms in total. The van der Waals surface area contributed by atoms with Gasteiger partial charge in [-0.25, -0.2) is 9.37 Å². The van der Waals surface area contributed by atoms with Gasteiger partial charge in [0, 0.05) is 56.2 Å². The highest BCUT2D eigenvalue weighted by molar-refractivity contribution is 6.04. The van der Waals surface area contributed by atoms with Crippen LogP contribution in [0.25, 0.3) is 11.0 Å². The predicted octanol–water partition coefficient (Wildman–Crippen LogP) is 4.67. The molecule has 2 aliphatic rings. The van der Waals surface area contributed by atoms with E-state index in [9.17, 15) is 9.18 Å². The summed E-state index contributed by atoms with van der Waals surface area (Å²) in [5, 5.41) is 3.11. The molecule has 0 saturated carbocycles. The number of hydrogen-bond donors (Lipinski definition) is 1. The number of imidazole rings is 1. The van der Waals surface area contributed by atoms with E-state index in [-0.39, 0.29) is 11.9 Å². The van der Waals surface area contributed by atoms with E-state index in [1.165, 1.54) is 0 Å². The van der Waals surface area contributed by atoms with Crippen LogP contribution in [-0.2, 0) is 6.54 Å². The third kappa shape index (κ3) is 5.20. The summed E-state index contributed by atoms with van der Waals surface area (Å²) in [4.78, 5) is 26.9. The van der Waals surface area contributed by atoms with Crippen LogP contribution >= 0.6 is 0 Å². The van der Waals surface area contributed by atoms with Gasteiger partial charge in [0.1, 0.15) is 6.17 Å². The molecule has 0 bridgehead atoms. The molecule has 36 heavy (non-hydrogen) atoms. The number of likely N-dealkylation sites (tertiary alicyclic amines) is 2. The number of nitrogens with zero attached hydrogens (tertiary/aromatic N) is 5. The van der Waals surface area contributed by atoms with Crippen LogP contribution in [0.4, 0.5) is 10.3 Å². The highest BCUT2D eigenvalue weighted by atomic mass is 19.1. The molecule has 0 aliphatic carbocycles. The highest BCUT2D eigenvalue weighted by Crippen LogP contribution is 2.33. The molecular formula is C28H35FN6O. The number of anilines is 1. The Hall–Kier alpha value is -3.10. The maximum Gasteiger partial charge on any atom is 0.258 e. The molecule has 2 aliphatic heterocycles. The minimum absolute atomic E-state index is 0.180. The Balaban J connectivity index is 1.54. The molecule has 2 saturated heterocycles. The number of fused-ring (bicyclic) bond motifs is 1. The van der Waals surface area contributed by atoms with Crippen LogP contribution in [0.15, 0.2) is 43.1 Å². The van der Waals surface area contributed by atoms with E-state index in [0.717, 1.165) is 66.8 Å². The van der Waals surface area contributed by atoms with Crippen LogP contribution in [0.1, 0.15) is 52.5 Å². The summed E-state index contributed by atoms with van der Waals surface area (Å²) in [6, 6.07) is 7.96. The summed E-state index contributed by atoms with van der Waals surface area (Å²) >= 11 is 0. The largest absolute Gasteiger partial charge is 0.305 e. The summed E-state index contributed by atoms with van der Waals surface area (Å²) in [5.41, 5.74) is 5.51. The van der Waals surface area contributed by atoms with Crippen molar-refractivity contribution in [3.8, 4) is 0 Å². The first-order valence-electron chi connectivity index (χ1n) is 12.9. The van der Waals surface area contributed by atoms with E-state index >= 15 is 0 Å². The van der Waals surface area contributed by atoms with Crippen LogP contribution < -0.4 is 5.32 Å². The van der Waals surface area contributed by atoms with Crippen molar-refractivity contribution < 1.29 is 9.18 Å². The number of amides is 1. The van der Waals surface area contributed by atoms with Crippen molar-refractivity contribution in [2.45, 2.75) is 51.9 Å². The number of aromatic nitrogens is 3. The van der Waals surface area contributed by atoms with Gasteiger partial charge in [0.25, 0.3) is 5.91 Å². The molecule has 4 heterocycles. The van der Waals surface area contributed by atoms with E-state index in [1.807, 2.05) is 13.0 Å². The van der Waals surface area contributed by atoms with Crippen molar-refractivity contribution in [2.24, 2.45) is 0 Å². The SMILES string of the molecule is C=CCN1CCCC[C@@H](n2c(NC(=O)c3ccnc(C)c3)nc3cc(CN4CC(F)C4)cc(C)c32)C1. The summed E-state index contributed by atoms with van der Waals surface area (Å²) in [6.45, 7) is 12.4. The molecule has 0 radical (unpaired) electrons. The number of aryl methyl sites for hydroxylation is 2. The third-order valence-electron chi connectivity index (χ3n) is 7.22. The summed E-state index contributed by atoms with van der Waals surface area (Å²) in [5.74, 6) is 0.379. The first-order chi connectivity index (χ1) is 17.4. The molecule has 2 fully saturated rings. The van der Waals surface area contributed by atoms with Crippen LogP contribution in [0.5, 0.6) is 0 Å². The Labute approximate surface area is 212 Å². The molecule has 1 atom stereocenters. The number of rotatable bonds is 7. The molecule has 0 unspecified atom stereocenters. The summed E-state index contributed by atoms with van der Waals surface area (Å²) in [6.07, 6.45) is 6.16. The highest BCUT2D eigenvalue weighted by Gasteiger charge is 2.28. The maximum absolute atomic E-state index is 13.4. The van der Waals surface area contributed by atoms with E-state index in [4.69, 9.17) is 4.98 Å². The number of carbonyl (C=O) groups is 1. The number of hydrogen-bond acceptors (Lipinski definition) is 5. The van der Waals surface area contributed by atoms with E-state index in [1.54, 1.807) is 18.3 Å². The molecule has 5 rings (SSSR count). The molecule has 3 aromatic rings. The topological polar surface area (TPSA) is 66.3 Å². The zero-order chi connectivity index (χ0) is 25.2. The molecule has 1 amide bonds. The van der Waals surface area contributed by atoms with Gasteiger partial charge in [-0.3, -0.25) is 24.9 Å². The second kappa shape index (κ2) is 10.5. The lowest BCUT2D eigenvalue weighted by molar-refractivity contribution is 0.0591.